The Labute approximate surface area is 177 Å². The van der Waals surface area contributed by atoms with E-state index in [0.29, 0.717) is 27.8 Å². The molecule has 0 N–H and O–H groups in total. The number of fused-ring (bicyclic) bond motifs is 2. The summed E-state index contributed by atoms with van der Waals surface area (Å²) < 4.78 is 46.3. The van der Waals surface area contributed by atoms with Crippen LogP contribution >= 0.6 is 0 Å². The first-order valence-corrected chi connectivity index (χ1v) is 11.1. The lowest BCUT2D eigenvalue weighted by atomic mass is 9.99. The molecule has 7 nitrogen and oxygen atoms in total. The first kappa shape index (κ1) is 19.5. The van der Waals surface area contributed by atoms with Crippen LogP contribution in [0.25, 0.3) is 11.0 Å². The number of carbonyl (C=O) groups excluding carboxylic acids is 1. The largest absolute Gasteiger partial charge is 0.464 e. The van der Waals surface area contributed by atoms with Crippen LogP contribution < -0.4 is 0 Å². The summed E-state index contributed by atoms with van der Waals surface area (Å²) >= 11 is 0. The number of halogens is 1. The lowest BCUT2D eigenvalue weighted by Crippen LogP contribution is -2.30. The van der Waals surface area contributed by atoms with Gasteiger partial charge >= 0.3 is 0 Å². The smallest absolute Gasteiger partial charge is 0.282 e. The Bertz CT molecular complexity index is 1400. The van der Waals surface area contributed by atoms with Crippen molar-refractivity contribution in [3.8, 4) is 0 Å². The van der Waals surface area contributed by atoms with Crippen molar-refractivity contribution >= 4 is 26.9 Å². The molecule has 1 aliphatic rings. The quantitative estimate of drug-likeness (QED) is 0.485. The Kier molecular flexibility index (Phi) is 4.44. The van der Waals surface area contributed by atoms with Gasteiger partial charge in [-0.15, -0.1) is 0 Å². The predicted molar refractivity (Wildman–Crippen MR) is 110 cm³/mol. The monoisotopic (exact) mass is 439 g/mol. The fourth-order valence-corrected chi connectivity index (χ4v) is 5.06. The van der Waals surface area contributed by atoms with Gasteiger partial charge in [0.25, 0.3) is 10.0 Å². The zero-order chi connectivity index (χ0) is 21.8. The first-order valence-electron chi connectivity index (χ1n) is 9.68. The zero-order valence-electron chi connectivity index (χ0n) is 16.5. The molecule has 0 radical (unpaired) electrons. The van der Waals surface area contributed by atoms with E-state index in [0.717, 1.165) is 4.09 Å². The fourth-order valence-electron chi connectivity index (χ4n) is 3.85. The number of nitrogens with zero attached hydrogens (tertiary/aromatic N) is 3. The second kappa shape index (κ2) is 7.05. The highest BCUT2D eigenvalue weighted by atomic mass is 32.2. The van der Waals surface area contributed by atoms with E-state index in [-0.39, 0.29) is 23.9 Å². The molecular formula is C22H18FN3O4S. The maximum absolute atomic E-state index is 14.1. The molecule has 0 unspecified atom stereocenters. The number of hydrogen-bond acceptors (Lipinski definition) is 5. The highest BCUT2D eigenvalue weighted by molar-refractivity contribution is 7.89. The van der Waals surface area contributed by atoms with Gasteiger partial charge in [0.05, 0.1) is 29.3 Å². The third-order valence-electron chi connectivity index (χ3n) is 5.58. The number of aromatic nitrogens is 2. The summed E-state index contributed by atoms with van der Waals surface area (Å²) in [5.41, 5.74) is 2.10. The first-order chi connectivity index (χ1) is 14.8. The SMILES string of the molecule is C[C@@H](C(=O)N1Cc2cn(S(=O)(=O)c3ccc4occc4c3)nc2C1)c1ccccc1F. The molecule has 9 heteroatoms. The van der Waals surface area contributed by atoms with Crippen LogP contribution in [0, 0.1) is 5.82 Å². The number of rotatable bonds is 4. The second-order valence-corrected chi connectivity index (χ2v) is 9.33. The van der Waals surface area contributed by atoms with Crippen molar-refractivity contribution < 1.29 is 22.0 Å². The van der Waals surface area contributed by atoms with Gasteiger partial charge in [-0.2, -0.15) is 17.6 Å². The van der Waals surface area contributed by atoms with E-state index in [9.17, 15) is 17.6 Å². The van der Waals surface area contributed by atoms with Crippen LogP contribution in [0.3, 0.4) is 0 Å². The van der Waals surface area contributed by atoms with Crippen LogP contribution in [-0.2, 0) is 27.9 Å². The van der Waals surface area contributed by atoms with Gasteiger partial charge in [-0.3, -0.25) is 4.79 Å². The summed E-state index contributed by atoms with van der Waals surface area (Å²) in [5, 5.41) is 4.91. The second-order valence-electron chi connectivity index (χ2n) is 7.54. The van der Waals surface area contributed by atoms with Gasteiger partial charge in [0.15, 0.2) is 0 Å². The predicted octanol–water partition coefficient (Wildman–Crippen LogP) is 3.65. The third kappa shape index (κ3) is 3.21. The van der Waals surface area contributed by atoms with E-state index in [1.54, 1.807) is 42.2 Å². The Morgan fingerprint density at radius 1 is 1.16 bits per heavy atom. The maximum atomic E-state index is 14.1. The molecule has 0 bridgehead atoms. The molecule has 0 aliphatic carbocycles. The summed E-state index contributed by atoms with van der Waals surface area (Å²) in [6.45, 7) is 2.06. The molecule has 0 spiro atoms. The fraction of sp³-hybridized carbons (Fsp3) is 0.182. The van der Waals surface area contributed by atoms with Crippen LogP contribution in [0.4, 0.5) is 4.39 Å². The molecule has 1 atom stereocenters. The molecule has 1 aliphatic heterocycles. The molecule has 1 amide bonds. The van der Waals surface area contributed by atoms with Crippen molar-refractivity contribution in [3.63, 3.8) is 0 Å². The van der Waals surface area contributed by atoms with Gasteiger partial charge in [0.1, 0.15) is 11.4 Å². The molecule has 0 saturated carbocycles. The number of furan rings is 1. The minimum Gasteiger partial charge on any atom is -0.464 e. The average molecular weight is 439 g/mol. The molecule has 31 heavy (non-hydrogen) atoms. The molecule has 158 valence electrons. The van der Waals surface area contributed by atoms with Crippen LogP contribution in [0.2, 0.25) is 0 Å². The highest BCUT2D eigenvalue weighted by Gasteiger charge is 2.32. The summed E-state index contributed by atoms with van der Waals surface area (Å²) in [5.74, 6) is -1.31. The van der Waals surface area contributed by atoms with Crippen molar-refractivity contribution in [1.82, 2.24) is 14.1 Å². The van der Waals surface area contributed by atoms with Crippen molar-refractivity contribution in [2.75, 3.05) is 0 Å². The maximum Gasteiger partial charge on any atom is 0.282 e. The van der Waals surface area contributed by atoms with Crippen molar-refractivity contribution in [1.29, 1.82) is 0 Å². The van der Waals surface area contributed by atoms with E-state index in [1.165, 1.54) is 30.7 Å². The molecule has 2 aromatic heterocycles. The molecule has 2 aromatic carbocycles. The minimum absolute atomic E-state index is 0.101. The number of benzene rings is 2. The highest BCUT2D eigenvalue weighted by Crippen LogP contribution is 2.29. The van der Waals surface area contributed by atoms with Gasteiger partial charge < -0.3 is 9.32 Å². The van der Waals surface area contributed by atoms with Gasteiger partial charge in [-0.05, 0) is 42.8 Å². The lowest BCUT2D eigenvalue weighted by molar-refractivity contribution is -0.133. The van der Waals surface area contributed by atoms with Gasteiger partial charge in [-0.1, -0.05) is 18.2 Å². The zero-order valence-corrected chi connectivity index (χ0v) is 17.3. The third-order valence-corrected chi connectivity index (χ3v) is 7.11. The Hall–Kier alpha value is -3.46. The van der Waals surface area contributed by atoms with Gasteiger partial charge in [-0.25, -0.2) is 4.39 Å². The van der Waals surface area contributed by atoms with E-state index in [1.807, 2.05) is 0 Å². The summed E-state index contributed by atoms with van der Waals surface area (Å²) in [4.78, 5) is 14.5. The summed E-state index contributed by atoms with van der Waals surface area (Å²) in [7, 11) is -3.88. The topological polar surface area (TPSA) is 85.4 Å². The van der Waals surface area contributed by atoms with Crippen LogP contribution in [0.1, 0.15) is 29.7 Å². The summed E-state index contributed by atoms with van der Waals surface area (Å²) in [6.07, 6.45) is 2.93. The van der Waals surface area contributed by atoms with E-state index < -0.39 is 21.8 Å². The van der Waals surface area contributed by atoms with Crippen molar-refractivity contribution in [2.24, 2.45) is 0 Å². The standard InChI is InChI=1S/C22H18FN3O4S/c1-14(18-4-2-3-5-19(18)23)22(27)25-11-16-12-26(24-20(16)13-25)31(28,29)17-6-7-21-15(10-17)8-9-30-21/h2-10,12,14H,11,13H2,1H3/t14-/m1/s1. The van der Waals surface area contributed by atoms with Crippen LogP contribution in [0.5, 0.6) is 0 Å². The molecule has 3 heterocycles. The van der Waals surface area contributed by atoms with E-state index >= 15 is 0 Å². The Morgan fingerprint density at radius 2 is 1.97 bits per heavy atom. The number of carbonyl (C=O) groups is 1. The van der Waals surface area contributed by atoms with Crippen LogP contribution in [-0.4, -0.2) is 28.4 Å². The molecule has 4 aromatic rings. The number of amides is 1. The Morgan fingerprint density at radius 3 is 2.74 bits per heavy atom. The average Bonchev–Trinajstić information content (AvgIpc) is 3.47. The molecule has 5 rings (SSSR count). The minimum atomic E-state index is -3.88. The summed E-state index contributed by atoms with van der Waals surface area (Å²) in [6, 6.07) is 12.5. The Balaban J connectivity index is 1.37. The molecule has 0 fully saturated rings. The van der Waals surface area contributed by atoms with E-state index in [4.69, 9.17) is 4.42 Å². The normalized spacial score (nSPS) is 14.7. The van der Waals surface area contributed by atoms with E-state index in [2.05, 4.69) is 5.10 Å². The molecular weight excluding hydrogens is 421 g/mol. The van der Waals surface area contributed by atoms with Crippen molar-refractivity contribution in [3.05, 3.63) is 83.6 Å². The van der Waals surface area contributed by atoms with Gasteiger partial charge in [0, 0.05) is 23.7 Å². The number of hydrogen-bond donors (Lipinski definition) is 0. The van der Waals surface area contributed by atoms with Gasteiger partial charge in [0.2, 0.25) is 5.91 Å². The lowest BCUT2D eigenvalue weighted by Gasteiger charge is -2.21. The molecule has 0 saturated heterocycles. The van der Waals surface area contributed by atoms with Crippen LogP contribution in [0.15, 0.2) is 70.3 Å². The van der Waals surface area contributed by atoms with Crippen molar-refractivity contribution in [2.45, 2.75) is 30.8 Å².